The molecule has 0 saturated carbocycles. The monoisotopic (exact) mass is 455 g/mol. The van der Waals surface area contributed by atoms with Crippen LogP contribution in [0.2, 0.25) is 5.02 Å². The number of carbonyl (C=O) groups is 2. The van der Waals surface area contributed by atoms with E-state index in [1.165, 1.54) is 25.3 Å². The number of halogens is 3. The van der Waals surface area contributed by atoms with Gasteiger partial charge in [-0.2, -0.15) is 0 Å². The molecule has 0 radical (unpaired) electrons. The van der Waals surface area contributed by atoms with E-state index in [9.17, 15) is 14.0 Å². The molecule has 134 valence electrons. The van der Waals surface area contributed by atoms with Crippen molar-refractivity contribution in [2.75, 3.05) is 7.11 Å². The molecule has 1 heterocycles. The second-order valence-corrected chi connectivity index (χ2v) is 7.67. The fourth-order valence-electron chi connectivity index (χ4n) is 2.44. The van der Waals surface area contributed by atoms with Crippen molar-refractivity contribution >= 4 is 56.5 Å². The van der Waals surface area contributed by atoms with Crippen LogP contribution < -0.4 is 4.74 Å². The fourth-order valence-corrected chi connectivity index (χ4v) is 3.87. The number of hydrogen-bond donors (Lipinski definition) is 0. The summed E-state index contributed by atoms with van der Waals surface area (Å²) in [5.41, 5.74) is 0.758. The van der Waals surface area contributed by atoms with E-state index in [0.717, 1.165) is 21.1 Å². The number of rotatable bonds is 4. The van der Waals surface area contributed by atoms with Crippen molar-refractivity contribution in [1.29, 1.82) is 0 Å². The highest BCUT2D eigenvalue weighted by Gasteiger charge is 2.36. The van der Waals surface area contributed by atoms with Gasteiger partial charge in [0.05, 0.1) is 18.6 Å². The smallest absolute Gasteiger partial charge is 0.293 e. The summed E-state index contributed by atoms with van der Waals surface area (Å²) >= 11 is 10.2. The molecule has 0 bridgehead atoms. The summed E-state index contributed by atoms with van der Waals surface area (Å²) in [4.78, 5) is 26.1. The number of hydrogen-bond acceptors (Lipinski definition) is 4. The van der Waals surface area contributed by atoms with Crippen LogP contribution in [0.15, 0.2) is 45.8 Å². The number of thioether (sulfide) groups is 1. The van der Waals surface area contributed by atoms with E-state index in [4.69, 9.17) is 16.3 Å². The molecule has 0 unspecified atom stereocenters. The molecule has 2 amide bonds. The molecule has 2 aromatic carbocycles. The number of imide groups is 1. The predicted molar refractivity (Wildman–Crippen MR) is 104 cm³/mol. The Labute approximate surface area is 167 Å². The molecule has 8 heteroatoms. The fraction of sp³-hybridized carbons (Fsp3) is 0.111. The van der Waals surface area contributed by atoms with Gasteiger partial charge in [-0.05, 0) is 48.2 Å². The van der Waals surface area contributed by atoms with Gasteiger partial charge in [-0.15, -0.1) is 0 Å². The highest BCUT2D eigenvalue weighted by atomic mass is 79.9. The Balaban J connectivity index is 1.91. The SMILES string of the molecule is COc1ccc(Br)cc1/C=C1\SC(=O)N(Cc2c(F)cccc2Cl)C1=O. The van der Waals surface area contributed by atoms with Gasteiger partial charge in [0, 0.05) is 20.6 Å². The van der Waals surface area contributed by atoms with Crippen LogP contribution in [0.1, 0.15) is 11.1 Å². The van der Waals surface area contributed by atoms with Crippen LogP contribution in [0.25, 0.3) is 6.08 Å². The first-order valence-corrected chi connectivity index (χ1v) is 9.41. The average Bonchev–Trinajstić information content (AvgIpc) is 2.85. The summed E-state index contributed by atoms with van der Waals surface area (Å²) in [6.07, 6.45) is 1.58. The van der Waals surface area contributed by atoms with Gasteiger partial charge in [0.1, 0.15) is 11.6 Å². The maximum absolute atomic E-state index is 14.0. The van der Waals surface area contributed by atoms with Crippen molar-refractivity contribution in [3.8, 4) is 5.75 Å². The van der Waals surface area contributed by atoms with Gasteiger partial charge >= 0.3 is 0 Å². The molecule has 0 aliphatic carbocycles. The molecule has 1 aliphatic heterocycles. The third kappa shape index (κ3) is 3.79. The Morgan fingerprint density at radius 2 is 2.08 bits per heavy atom. The number of nitrogens with zero attached hydrogens (tertiary/aromatic N) is 1. The van der Waals surface area contributed by atoms with Gasteiger partial charge in [-0.25, -0.2) is 4.39 Å². The Hall–Kier alpha value is -1.83. The molecule has 3 rings (SSSR count). The second kappa shape index (κ2) is 7.82. The van der Waals surface area contributed by atoms with E-state index >= 15 is 0 Å². The maximum atomic E-state index is 14.0. The van der Waals surface area contributed by atoms with Crippen LogP contribution in [0.3, 0.4) is 0 Å². The zero-order valence-corrected chi connectivity index (χ0v) is 16.6. The zero-order chi connectivity index (χ0) is 18.8. The molecule has 0 atom stereocenters. The lowest BCUT2D eigenvalue weighted by Gasteiger charge is -2.14. The van der Waals surface area contributed by atoms with Crippen molar-refractivity contribution in [3.05, 3.63) is 67.7 Å². The van der Waals surface area contributed by atoms with E-state index in [0.29, 0.717) is 11.3 Å². The Bertz CT molecular complexity index is 914. The normalized spacial score (nSPS) is 15.8. The molecule has 0 spiro atoms. The maximum Gasteiger partial charge on any atom is 0.293 e. The molecule has 1 aliphatic rings. The van der Waals surface area contributed by atoms with Gasteiger partial charge < -0.3 is 4.74 Å². The number of amides is 2. The second-order valence-electron chi connectivity index (χ2n) is 5.35. The van der Waals surface area contributed by atoms with E-state index in [2.05, 4.69) is 15.9 Å². The molecule has 1 saturated heterocycles. The molecule has 4 nitrogen and oxygen atoms in total. The third-order valence-corrected chi connectivity index (χ3v) is 5.48. The summed E-state index contributed by atoms with van der Waals surface area (Å²) in [5, 5.41) is -0.309. The van der Waals surface area contributed by atoms with E-state index in [1.807, 2.05) is 6.07 Å². The first-order chi connectivity index (χ1) is 12.4. The van der Waals surface area contributed by atoms with Crippen LogP contribution in [-0.2, 0) is 11.3 Å². The first-order valence-electron chi connectivity index (χ1n) is 7.42. The topological polar surface area (TPSA) is 46.6 Å². The van der Waals surface area contributed by atoms with Crippen molar-refractivity contribution < 1.29 is 18.7 Å². The molecular formula is C18H12BrClFNO3S. The minimum absolute atomic E-state index is 0.109. The largest absolute Gasteiger partial charge is 0.496 e. The molecule has 1 fully saturated rings. The van der Waals surface area contributed by atoms with E-state index < -0.39 is 17.0 Å². The highest BCUT2D eigenvalue weighted by Crippen LogP contribution is 2.36. The van der Waals surface area contributed by atoms with E-state index in [1.54, 1.807) is 18.2 Å². The van der Waals surface area contributed by atoms with Crippen LogP contribution in [0, 0.1) is 5.82 Å². The van der Waals surface area contributed by atoms with Gasteiger partial charge in [0.15, 0.2) is 0 Å². The molecule has 2 aromatic rings. The lowest BCUT2D eigenvalue weighted by atomic mass is 10.1. The van der Waals surface area contributed by atoms with Crippen molar-refractivity contribution in [3.63, 3.8) is 0 Å². The van der Waals surface area contributed by atoms with Crippen LogP contribution >= 0.6 is 39.3 Å². The average molecular weight is 457 g/mol. The summed E-state index contributed by atoms with van der Waals surface area (Å²) in [6, 6.07) is 9.56. The molecule has 0 aromatic heterocycles. The third-order valence-electron chi connectivity index (χ3n) is 3.73. The van der Waals surface area contributed by atoms with Crippen LogP contribution in [0.4, 0.5) is 9.18 Å². The summed E-state index contributed by atoms with van der Waals surface area (Å²) in [5.74, 6) is -0.493. The van der Waals surface area contributed by atoms with E-state index in [-0.39, 0.29) is 22.0 Å². The Morgan fingerprint density at radius 3 is 2.77 bits per heavy atom. The van der Waals surface area contributed by atoms with Crippen molar-refractivity contribution in [2.45, 2.75) is 6.54 Å². The van der Waals surface area contributed by atoms with Gasteiger partial charge in [-0.3, -0.25) is 14.5 Å². The number of benzene rings is 2. The number of methoxy groups -OCH3 is 1. The summed E-state index contributed by atoms with van der Waals surface area (Å²) in [7, 11) is 1.52. The minimum atomic E-state index is -0.561. The predicted octanol–water partition coefficient (Wildman–Crippen LogP) is 5.49. The van der Waals surface area contributed by atoms with Gasteiger partial charge in [0.2, 0.25) is 0 Å². The Morgan fingerprint density at radius 1 is 1.31 bits per heavy atom. The van der Waals surface area contributed by atoms with Crippen LogP contribution in [-0.4, -0.2) is 23.2 Å². The number of carbonyl (C=O) groups excluding carboxylic acids is 2. The highest BCUT2D eigenvalue weighted by molar-refractivity contribution is 9.10. The van der Waals surface area contributed by atoms with Gasteiger partial charge in [0.25, 0.3) is 11.1 Å². The standard InChI is InChI=1S/C18H12BrClFNO3S/c1-25-15-6-5-11(19)7-10(15)8-16-17(23)22(18(24)26-16)9-12-13(20)3-2-4-14(12)21/h2-8H,9H2,1H3/b16-8-. The number of ether oxygens (including phenoxy) is 1. The lowest BCUT2D eigenvalue weighted by molar-refractivity contribution is -0.123. The quantitative estimate of drug-likeness (QED) is 0.571. The van der Waals surface area contributed by atoms with Crippen molar-refractivity contribution in [1.82, 2.24) is 4.90 Å². The molecular weight excluding hydrogens is 445 g/mol. The molecule has 0 N–H and O–H groups in total. The molecule has 26 heavy (non-hydrogen) atoms. The lowest BCUT2D eigenvalue weighted by Crippen LogP contribution is -2.28. The minimum Gasteiger partial charge on any atom is -0.496 e. The summed E-state index contributed by atoms with van der Waals surface area (Å²) in [6.45, 7) is -0.219. The van der Waals surface area contributed by atoms with Gasteiger partial charge in [-0.1, -0.05) is 33.6 Å². The zero-order valence-electron chi connectivity index (χ0n) is 13.5. The Kier molecular flexibility index (Phi) is 5.70. The summed E-state index contributed by atoms with van der Waals surface area (Å²) < 4.78 is 20.1. The van der Waals surface area contributed by atoms with Crippen molar-refractivity contribution in [2.24, 2.45) is 0 Å². The first kappa shape index (κ1) is 18.9. The van der Waals surface area contributed by atoms with Crippen LogP contribution in [0.5, 0.6) is 5.75 Å².